The molecular formula is C16H21FN4. The van der Waals surface area contributed by atoms with Crippen LogP contribution in [0.1, 0.15) is 45.1 Å². The molecule has 1 N–H and O–H groups in total. The molecule has 0 radical (unpaired) electrons. The van der Waals surface area contributed by atoms with Crippen LogP contribution in [0.5, 0.6) is 0 Å². The van der Waals surface area contributed by atoms with Gasteiger partial charge >= 0.3 is 0 Å². The van der Waals surface area contributed by atoms with Crippen molar-refractivity contribution in [3.05, 3.63) is 29.8 Å². The maximum absolute atomic E-state index is 14.4. The standard InChI is InChI=1S/C16H21FN4/c1-4-21-9-13(10(2)3)15(20-21)12-7-8-14(19-16(12)17)18-11-5-6-11/h7-11H,4-6H2,1-3H3,(H,18,19). The minimum absolute atomic E-state index is 0.295. The van der Waals surface area contributed by atoms with Gasteiger partial charge in [-0.3, -0.25) is 4.68 Å². The smallest absolute Gasteiger partial charge is 0.224 e. The lowest BCUT2D eigenvalue weighted by Gasteiger charge is -2.08. The van der Waals surface area contributed by atoms with E-state index in [4.69, 9.17) is 0 Å². The quantitative estimate of drug-likeness (QED) is 0.851. The molecule has 5 heteroatoms. The zero-order chi connectivity index (χ0) is 15.0. The monoisotopic (exact) mass is 288 g/mol. The Kier molecular flexibility index (Phi) is 3.66. The first-order valence-corrected chi connectivity index (χ1v) is 7.59. The molecule has 21 heavy (non-hydrogen) atoms. The highest BCUT2D eigenvalue weighted by atomic mass is 19.1. The van der Waals surface area contributed by atoms with Gasteiger partial charge in [0.05, 0.1) is 5.56 Å². The van der Waals surface area contributed by atoms with Crippen molar-refractivity contribution in [1.82, 2.24) is 14.8 Å². The number of anilines is 1. The molecule has 2 heterocycles. The fourth-order valence-electron chi connectivity index (χ4n) is 2.36. The summed E-state index contributed by atoms with van der Waals surface area (Å²) in [5.74, 6) is 0.452. The summed E-state index contributed by atoms with van der Waals surface area (Å²) in [7, 11) is 0. The highest BCUT2D eigenvalue weighted by molar-refractivity contribution is 5.64. The van der Waals surface area contributed by atoms with E-state index in [-0.39, 0.29) is 0 Å². The number of rotatable bonds is 5. The Labute approximate surface area is 124 Å². The fraction of sp³-hybridized carbons (Fsp3) is 0.500. The Morgan fingerprint density at radius 2 is 2.14 bits per heavy atom. The Bertz CT molecular complexity index is 644. The normalized spacial score (nSPS) is 14.7. The molecular weight excluding hydrogens is 267 g/mol. The van der Waals surface area contributed by atoms with Crippen molar-refractivity contribution < 1.29 is 4.39 Å². The van der Waals surface area contributed by atoms with Crippen molar-refractivity contribution >= 4 is 5.82 Å². The summed E-state index contributed by atoms with van der Waals surface area (Å²) >= 11 is 0. The highest BCUT2D eigenvalue weighted by Crippen LogP contribution is 2.31. The Morgan fingerprint density at radius 1 is 1.38 bits per heavy atom. The van der Waals surface area contributed by atoms with Crippen molar-refractivity contribution in [3.63, 3.8) is 0 Å². The van der Waals surface area contributed by atoms with Gasteiger partial charge in [0.1, 0.15) is 11.5 Å². The molecule has 1 fully saturated rings. The fourth-order valence-corrected chi connectivity index (χ4v) is 2.36. The summed E-state index contributed by atoms with van der Waals surface area (Å²) in [5.41, 5.74) is 2.24. The van der Waals surface area contributed by atoms with Crippen LogP contribution in [0.15, 0.2) is 18.3 Å². The molecule has 4 nitrogen and oxygen atoms in total. The first-order chi connectivity index (χ1) is 10.1. The van der Waals surface area contributed by atoms with Crippen molar-refractivity contribution in [2.75, 3.05) is 5.32 Å². The largest absolute Gasteiger partial charge is 0.367 e. The van der Waals surface area contributed by atoms with Crippen LogP contribution >= 0.6 is 0 Å². The van der Waals surface area contributed by atoms with Gasteiger partial charge in [0.15, 0.2) is 0 Å². The van der Waals surface area contributed by atoms with E-state index in [1.54, 1.807) is 6.07 Å². The average molecular weight is 288 g/mol. The van der Waals surface area contributed by atoms with Gasteiger partial charge in [-0.15, -0.1) is 0 Å². The second-order valence-electron chi connectivity index (χ2n) is 5.90. The van der Waals surface area contributed by atoms with E-state index in [2.05, 4.69) is 29.2 Å². The molecule has 2 aromatic rings. The molecule has 0 aromatic carbocycles. The first-order valence-electron chi connectivity index (χ1n) is 7.59. The van der Waals surface area contributed by atoms with Gasteiger partial charge in [-0.25, -0.2) is 4.98 Å². The minimum atomic E-state index is -0.455. The van der Waals surface area contributed by atoms with Crippen LogP contribution < -0.4 is 5.32 Å². The molecule has 0 atom stereocenters. The molecule has 2 aromatic heterocycles. The van der Waals surface area contributed by atoms with Crippen molar-refractivity contribution in [2.24, 2.45) is 0 Å². The second kappa shape index (κ2) is 5.47. The Hall–Kier alpha value is -1.91. The van der Waals surface area contributed by atoms with Crippen molar-refractivity contribution in [1.29, 1.82) is 0 Å². The van der Waals surface area contributed by atoms with Gasteiger partial charge in [-0.05, 0) is 37.8 Å². The third kappa shape index (κ3) is 2.91. The van der Waals surface area contributed by atoms with E-state index in [1.165, 1.54) is 0 Å². The van der Waals surface area contributed by atoms with E-state index in [9.17, 15) is 4.39 Å². The van der Waals surface area contributed by atoms with Gasteiger partial charge in [0.25, 0.3) is 0 Å². The number of nitrogens with one attached hydrogen (secondary N) is 1. The first kappa shape index (κ1) is 14.0. The summed E-state index contributed by atoms with van der Waals surface area (Å²) < 4.78 is 16.2. The molecule has 112 valence electrons. The Balaban J connectivity index is 1.97. The molecule has 0 aliphatic heterocycles. The zero-order valence-electron chi connectivity index (χ0n) is 12.7. The number of hydrogen-bond donors (Lipinski definition) is 1. The molecule has 1 aliphatic carbocycles. The van der Waals surface area contributed by atoms with Crippen molar-refractivity contribution in [3.8, 4) is 11.3 Å². The van der Waals surface area contributed by atoms with E-state index < -0.39 is 5.95 Å². The topological polar surface area (TPSA) is 42.7 Å². The number of nitrogens with zero attached hydrogens (tertiary/aromatic N) is 3. The Morgan fingerprint density at radius 3 is 2.71 bits per heavy atom. The predicted molar refractivity (Wildman–Crippen MR) is 81.8 cm³/mol. The molecule has 0 amide bonds. The van der Waals surface area contributed by atoms with Crippen LogP contribution in [0.2, 0.25) is 0 Å². The molecule has 1 aliphatic rings. The summed E-state index contributed by atoms with van der Waals surface area (Å²) in [6.45, 7) is 6.98. The summed E-state index contributed by atoms with van der Waals surface area (Å²) in [6, 6.07) is 4.08. The summed E-state index contributed by atoms with van der Waals surface area (Å²) in [6.07, 6.45) is 4.28. The lowest BCUT2D eigenvalue weighted by atomic mass is 10.0. The van der Waals surface area contributed by atoms with Crippen LogP contribution in [0.3, 0.4) is 0 Å². The lowest BCUT2D eigenvalue weighted by Crippen LogP contribution is -2.05. The van der Waals surface area contributed by atoms with E-state index in [0.717, 1.165) is 24.9 Å². The van der Waals surface area contributed by atoms with E-state index in [1.807, 2.05) is 23.9 Å². The van der Waals surface area contributed by atoms with Crippen LogP contribution in [0, 0.1) is 5.95 Å². The van der Waals surface area contributed by atoms with Crippen LogP contribution in [-0.4, -0.2) is 20.8 Å². The third-order valence-corrected chi connectivity index (χ3v) is 3.77. The molecule has 0 spiro atoms. The van der Waals surface area contributed by atoms with Gasteiger partial charge in [-0.1, -0.05) is 13.8 Å². The highest BCUT2D eigenvalue weighted by Gasteiger charge is 2.23. The maximum atomic E-state index is 14.4. The minimum Gasteiger partial charge on any atom is -0.367 e. The summed E-state index contributed by atoms with van der Waals surface area (Å²) in [5, 5.41) is 7.71. The van der Waals surface area contributed by atoms with E-state index >= 15 is 0 Å². The van der Waals surface area contributed by atoms with Crippen LogP contribution in [0.4, 0.5) is 10.2 Å². The summed E-state index contributed by atoms with van der Waals surface area (Å²) in [4.78, 5) is 4.04. The lowest BCUT2D eigenvalue weighted by molar-refractivity contribution is 0.586. The second-order valence-corrected chi connectivity index (χ2v) is 5.90. The van der Waals surface area contributed by atoms with Gasteiger partial charge in [0, 0.05) is 24.3 Å². The predicted octanol–water partition coefficient (Wildman–Crippen LogP) is 3.80. The van der Waals surface area contributed by atoms with Gasteiger partial charge < -0.3 is 5.32 Å². The number of halogens is 1. The van der Waals surface area contributed by atoms with E-state index in [0.29, 0.717) is 29.0 Å². The van der Waals surface area contributed by atoms with Gasteiger partial charge in [-0.2, -0.15) is 9.49 Å². The maximum Gasteiger partial charge on any atom is 0.224 e. The van der Waals surface area contributed by atoms with Crippen LogP contribution in [0.25, 0.3) is 11.3 Å². The average Bonchev–Trinajstić information content (AvgIpc) is 3.15. The third-order valence-electron chi connectivity index (χ3n) is 3.77. The number of hydrogen-bond acceptors (Lipinski definition) is 3. The number of aryl methyl sites for hydroxylation is 1. The molecule has 3 rings (SSSR count). The molecule has 0 saturated heterocycles. The zero-order valence-corrected chi connectivity index (χ0v) is 12.7. The molecule has 0 bridgehead atoms. The molecule has 0 unspecified atom stereocenters. The van der Waals surface area contributed by atoms with Gasteiger partial charge in [0.2, 0.25) is 5.95 Å². The SMILES string of the molecule is CCn1cc(C(C)C)c(-c2ccc(NC3CC3)nc2F)n1. The number of aromatic nitrogens is 3. The number of pyridine rings is 1. The van der Waals surface area contributed by atoms with Crippen molar-refractivity contribution in [2.45, 2.75) is 52.1 Å². The molecule has 1 saturated carbocycles. The van der Waals surface area contributed by atoms with Crippen LogP contribution in [-0.2, 0) is 6.54 Å².